The van der Waals surface area contributed by atoms with Crippen LogP contribution in [0.4, 0.5) is 0 Å². The molecule has 1 saturated carbocycles. The normalized spacial score (nSPS) is 14.6. The molecule has 6 heteroatoms. The van der Waals surface area contributed by atoms with E-state index in [2.05, 4.69) is 57.2 Å². The smallest absolute Gasteiger partial charge is 0.191 e. The number of nitrogens with zero attached hydrogens (tertiary/aromatic N) is 3. The van der Waals surface area contributed by atoms with Crippen molar-refractivity contribution in [1.82, 2.24) is 20.2 Å². The summed E-state index contributed by atoms with van der Waals surface area (Å²) in [7, 11) is 0. The molecular formula is C17H26IN5. The summed E-state index contributed by atoms with van der Waals surface area (Å²) in [6.45, 7) is 7.73. The van der Waals surface area contributed by atoms with Crippen molar-refractivity contribution >= 4 is 41.0 Å². The minimum Gasteiger partial charge on any atom is -0.357 e. The Bertz CT molecular complexity index is 660. The summed E-state index contributed by atoms with van der Waals surface area (Å²) >= 11 is 0. The third-order valence-corrected chi connectivity index (χ3v) is 4.02. The summed E-state index contributed by atoms with van der Waals surface area (Å²) in [5, 5.41) is 6.74. The van der Waals surface area contributed by atoms with Crippen molar-refractivity contribution in [2.45, 2.75) is 33.2 Å². The Kier molecular flexibility index (Phi) is 6.68. The molecule has 0 amide bonds. The van der Waals surface area contributed by atoms with Gasteiger partial charge in [-0.25, -0.2) is 4.98 Å². The highest BCUT2D eigenvalue weighted by Crippen LogP contribution is 2.28. The Balaban J connectivity index is 0.00000192. The number of aryl methyl sites for hydroxylation is 1. The van der Waals surface area contributed by atoms with Crippen LogP contribution in [0.15, 0.2) is 29.3 Å². The standard InChI is InChI=1S/C17H25N5.HI/c1-3-18-17(20-12-14-8-9-14)19-10-11-22-13(2)21-15-6-4-5-7-16(15)22;/h4-7,14H,3,8-12H2,1-2H3,(H2,18,19,20);1H. The van der Waals surface area contributed by atoms with Crippen LogP contribution in [0.1, 0.15) is 25.6 Å². The van der Waals surface area contributed by atoms with Crippen LogP contribution in [0.25, 0.3) is 11.0 Å². The van der Waals surface area contributed by atoms with Crippen molar-refractivity contribution in [1.29, 1.82) is 0 Å². The molecule has 23 heavy (non-hydrogen) atoms. The number of halogens is 1. The van der Waals surface area contributed by atoms with E-state index in [0.29, 0.717) is 0 Å². The lowest BCUT2D eigenvalue weighted by Gasteiger charge is -2.12. The fourth-order valence-electron chi connectivity index (χ4n) is 2.63. The SMILES string of the molecule is CCNC(=NCC1CC1)NCCn1c(C)nc2ccccc21.I. The monoisotopic (exact) mass is 427 g/mol. The highest BCUT2D eigenvalue weighted by Gasteiger charge is 2.20. The van der Waals surface area contributed by atoms with Gasteiger partial charge in [0.25, 0.3) is 0 Å². The first-order valence-corrected chi connectivity index (χ1v) is 8.22. The number of guanidine groups is 1. The van der Waals surface area contributed by atoms with E-state index < -0.39 is 0 Å². The summed E-state index contributed by atoms with van der Waals surface area (Å²) in [5.74, 6) is 2.80. The molecule has 1 heterocycles. The van der Waals surface area contributed by atoms with Crippen LogP contribution in [0, 0.1) is 12.8 Å². The average Bonchev–Trinajstić information content (AvgIpc) is 3.29. The maximum absolute atomic E-state index is 4.65. The molecule has 1 fully saturated rings. The molecular weight excluding hydrogens is 401 g/mol. The first-order valence-electron chi connectivity index (χ1n) is 8.22. The number of aromatic nitrogens is 2. The van der Waals surface area contributed by atoms with Crippen molar-refractivity contribution < 1.29 is 0 Å². The average molecular weight is 427 g/mol. The third kappa shape index (κ3) is 4.83. The number of fused-ring (bicyclic) bond motifs is 1. The highest BCUT2D eigenvalue weighted by molar-refractivity contribution is 14.0. The number of rotatable bonds is 6. The molecule has 0 atom stereocenters. The molecule has 1 aromatic carbocycles. The summed E-state index contributed by atoms with van der Waals surface area (Å²) in [6, 6.07) is 8.29. The minimum atomic E-state index is 0. The molecule has 126 valence electrons. The van der Waals surface area contributed by atoms with Crippen LogP contribution < -0.4 is 10.6 Å². The Hall–Kier alpha value is -1.31. The van der Waals surface area contributed by atoms with E-state index in [9.17, 15) is 0 Å². The van der Waals surface area contributed by atoms with Crippen molar-refractivity contribution in [3.05, 3.63) is 30.1 Å². The zero-order valence-corrected chi connectivity index (χ0v) is 16.2. The van der Waals surface area contributed by atoms with Crippen LogP contribution >= 0.6 is 24.0 Å². The molecule has 0 spiro atoms. The van der Waals surface area contributed by atoms with E-state index in [1.165, 1.54) is 18.4 Å². The molecule has 0 unspecified atom stereocenters. The van der Waals surface area contributed by atoms with Gasteiger partial charge in [-0.1, -0.05) is 12.1 Å². The van der Waals surface area contributed by atoms with E-state index in [0.717, 1.165) is 49.4 Å². The second-order valence-electron chi connectivity index (χ2n) is 5.89. The molecule has 1 aromatic heterocycles. The van der Waals surface area contributed by atoms with E-state index in [4.69, 9.17) is 0 Å². The first kappa shape index (κ1) is 18.0. The molecule has 5 nitrogen and oxygen atoms in total. The van der Waals surface area contributed by atoms with Gasteiger partial charge in [0.15, 0.2) is 5.96 Å². The second-order valence-corrected chi connectivity index (χ2v) is 5.89. The van der Waals surface area contributed by atoms with Gasteiger partial charge in [-0.15, -0.1) is 24.0 Å². The molecule has 1 aliphatic rings. The van der Waals surface area contributed by atoms with Crippen LogP contribution in [0.3, 0.4) is 0 Å². The van der Waals surface area contributed by atoms with Crippen LogP contribution in [-0.2, 0) is 6.54 Å². The summed E-state index contributed by atoms with van der Waals surface area (Å²) < 4.78 is 2.26. The summed E-state index contributed by atoms with van der Waals surface area (Å²) in [4.78, 5) is 9.25. The largest absolute Gasteiger partial charge is 0.357 e. The predicted octanol–water partition coefficient (Wildman–Crippen LogP) is 2.93. The van der Waals surface area contributed by atoms with Gasteiger partial charge < -0.3 is 15.2 Å². The lowest BCUT2D eigenvalue weighted by molar-refractivity contribution is 0.659. The topological polar surface area (TPSA) is 54.2 Å². The number of imidazole rings is 1. The number of hydrogen-bond acceptors (Lipinski definition) is 2. The molecule has 3 rings (SSSR count). The van der Waals surface area contributed by atoms with Crippen molar-refractivity contribution in [2.24, 2.45) is 10.9 Å². The van der Waals surface area contributed by atoms with Gasteiger partial charge in [0.2, 0.25) is 0 Å². The van der Waals surface area contributed by atoms with Crippen molar-refractivity contribution in [2.75, 3.05) is 19.6 Å². The zero-order chi connectivity index (χ0) is 15.4. The maximum Gasteiger partial charge on any atom is 0.191 e. The third-order valence-electron chi connectivity index (χ3n) is 4.02. The Morgan fingerprint density at radius 1 is 1.30 bits per heavy atom. The lowest BCUT2D eigenvalue weighted by atomic mass is 10.3. The van der Waals surface area contributed by atoms with E-state index in [1.54, 1.807) is 0 Å². The lowest BCUT2D eigenvalue weighted by Crippen LogP contribution is -2.39. The van der Waals surface area contributed by atoms with Crippen LogP contribution in [0.5, 0.6) is 0 Å². The number of nitrogens with one attached hydrogen (secondary N) is 2. The molecule has 0 radical (unpaired) electrons. The second kappa shape index (κ2) is 8.52. The van der Waals surface area contributed by atoms with Crippen LogP contribution in [-0.4, -0.2) is 35.1 Å². The molecule has 2 aromatic rings. The summed E-state index contributed by atoms with van der Waals surface area (Å²) in [6.07, 6.45) is 2.67. The number of benzene rings is 1. The number of para-hydroxylation sites is 2. The predicted molar refractivity (Wildman–Crippen MR) is 107 cm³/mol. The van der Waals surface area contributed by atoms with Gasteiger partial charge in [-0.2, -0.15) is 0 Å². The van der Waals surface area contributed by atoms with Gasteiger partial charge >= 0.3 is 0 Å². The van der Waals surface area contributed by atoms with E-state index in [1.807, 2.05) is 6.07 Å². The Morgan fingerprint density at radius 2 is 2.09 bits per heavy atom. The van der Waals surface area contributed by atoms with Crippen molar-refractivity contribution in [3.63, 3.8) is 0 Å². The highest BCUT2D eigenvalue weighted by atomic mass is 127. The molecule has 0 bridgehead atoms. The zero-order valence-electron chi connectivity index (χ0n) is 13.9. The first-order chi connectivity index (χ1) is 10.8. The van der Waals surface area contributed by atoms with E-state index in [-0.39, 0.29) is 24.0 Å². The maximum atomic E-state index is 4.65. The number of aliphatic imine (C=N–C) groups is 1. The minimum absolute atomic E-state index is 0. The Labute approximate surface area is 155 Å². The fraction of sp³-hybridized carbons (Fsp3) is 0.529. The molecule has 2 N–H and O–H groups in total. The molecule has 0 aliphatic heterocycles. The van der Waals surface area contributed by atoms with Gasteiger partial charge in [0.1, 0.15) is 5.82 Å². The number of hydrogen-bond donors (Lipinski definition) is 2. The quantitative estimate of drug-likeness (QED) is 0.424. The van der Waals surface area contributed by atoms with Gasteiger partial charge in [-0.3, -0.25) is 4.99 Å². The van der Waals surface area contributed by atoms with Gasteiger partial charge in [-0.05, 0) is 44.7 Å². The van der Waals surface area contributed by atoms with Crippen LogP contribution in [0.2, 0.25) is 0 Å². The fourth-order valence-corrected chi connectivity index (χ4v) is 2.63. The Morgan fingerprint density at radius 3 is 2.83 bits per heavy atom. The molecule has 0 saturated heterocycles. The van der Waals surface area contributed by atoms with Gasteiger partial charge in [0.05, 0.1) is 11.0 Å². The summed E-state index contributed by atoms with van der Waals surface area (Å²) in [5.41, 5.74) is 2.26. The van der Waals surface area contributed by atoms with Crippen molar-refractivity contribution in [3.8, 4) is 0 Å². The van der Waals surface area contributed by atoms with Gasteiger partial charge in [0, 0.05) is 26.2 Å². The van der Waals surface area contributed by atoms with E-state index >= 15 is 0 Å². The molecule has 1 aliphatic carbocycles.